The maximum Gasteiger partial charge on any atom is 0.273 e. The third-order valence-corrected chi connectivity index (χ3v) is 3.85. The molecular formula is C15H18N4O3. The normalized spacial score (nSPS) is 16.5. The Morgan fingerprint density at radius 1 is 1.55 bits per heavy atom. The maximum atomic E-state index is 12.3. The van der Waals surface area contributed by atoms with Crippen LogP contribution in [0.5, 0.6) is 5.75 Å². The number of hydrogen-bond acceptors (Lipinski definition) is 5. The lowest BCUT2D eigenvalue weighted by molar-refractivity contribution is 0.0931. The molecule has 7 heteroatoms. The fourth-order valence-electron chi connectivity index (χ4n) is 2.71. The van der Waals surface area contributed by atoms with Crippen molar-refractivity contribution in [2.24, 2.45) is 0 Å². The van der Waals surface area contributed by atoms with Gasteiger partial charge < -0.3 is 15.2 Å². The second kappa shape index (κ2) is 6.15. The van der Waals surface area contributed by atoms with E-state index in [0.29, 0.717) is 18.9 Å². The van der Waals surface area contributed by atoms with Gasteiger partial charge in [0.1, 0.15) is 5.75 Å². The van der Waals surface area contributed by atoms with Crippen LogP contribution in [0.2, 0.25) is 0 Å². The van der Waals surface area contributed by atoms with Crippen molar-refractivity contribution in [1.82, 2.24) is 20.3 Å². The summed E-state index contributed by atoms with van der Waals surface area (Å²) in [7, 11) is 1.61. The highest BCUT2D eigenvalue weighted by molar-refractivity contribution is 5.92. The van der Waals surface area contributed by atoms with Crippen LogP contribution < -0.4 is 5.32 Å². The van der Waals surface area contributed by atoms with Gasteiger partial charge in [-0.25, -0.2) is 4.68 Å². The first-order chi connectivity index (χ1) is 10.7. The number of methoxy groups -OCH3 is 1. The molecule has 3 rings (SSSR count). The standard InChI is InChI=1S/C15H18N4O3/c1-22-8-7-19-9-13(17-18-19)15(21)16-12-6-5-11-10(12)3-2-4-14(11)20/h2-4,9,12,20H,5-8H2,1H3,(H,16,21). The topological polar surface area (TPSA) is 89.3 Å². The van der Waals surface area contributed by atoms with Gasteiger partial charge in [0.25, 0.3) is 5.91 Å². The number of aromatic hydroxyl groups is 1. The van der Waals surface area contributed by atoms with E-state index in [2.05, 4.69) is 15.6 Å². The van der Waals surface area contributed by atoms with Gasteiger partial charge in [-0.15, -0.1) is 5.10 Å². The van der Waals surface area contributed by atoms with Gasteiger partial charge in [-0.3, -0.25) is 4.79 Å². The Kier molecular flexibility index (Phi) is 4.06. The summed E-state index contributed by atoms with van der Waals surface area (Å²) in [6.07, 6.45) is 3.14. The molecule has 2 aromatic rings. The minimum atomic E-state index is -0.259. The summed E-state index contributed by atoms with van der Waals surface area (Å²) in [4.78, 5) is 12.3. The minimum absolute atomic E-state index is 0.0984. The molecule has 1 aromatic carbocycles. The van der Waals surface area contributed by atoms with E-state index in [4.69, 9.17) is 4.74 Å². The van der Waals surface area contributed by atoms with Gasteiger partial charge >= 0.3 is 0 Å². The van der Waals surface area contributed by atoms with Gasteiger partial charge in [0.2, 0.25) is 0 Å². The SMILES string of the molecule is COCCn1cc(C(=O)NC2CCc3c(O)cccc32)nn1. The van der Waals surface area contributed by atoms with E-state index >= 15 is 0 Å². The Labute approximate surface area is 127 Å². The summed E-state index contributed by atoms with van der Waals surface area (Å²) in [6.45, 7) is 1.07. The second-order valence-electron chi connectivity index (χ2n) is 5.27. The number of carbonyl (C=O) groups excluding carboxylic acids is 1. The predicted octanol–water partition coefficient (Wildman–Crippen LogP) is 1.05. The molecule has 0 aliphatic heterocycles. The maximum absolute atomic E-state index is 12.3. The highest BCUT2D eigenvalue weighted by Gasteiger charge is 2.26. The highest BCUT2D eigenvalue weighted by Crippen LogP contribution is 2.36. The van der Waals surface area contributed by atoms with Crippen molar-refractivity contribution < 1.29 is 14.6 Å². The van der Waals surface area contributed by atoms with Crippen LogP contribution in [0.1, 0.15) is 34.1 Å². The van der Waals surface area contributed by atoms with Gasteiger partial charge in [0, 0.05) is 7.11 Å². The lowest BCUT2D eigenvalue weighted by atomic mass is 10.1. The van der Waals surface area contributed by atoms with E-state index in [0.717, 1.165) is 24.0 Å². The smallest absolute Gasteiger partial charge is 0.273 e. The third-order valence-electron chi connectivity index (χ3n) is 3.85. The molecule has 116 valence electrons. The molecule has 1 amide bonds. The molecule has 2 N–H and O–H groups in total. The summed E-state index contributed by atoms with van der Waals surface area (Å²) >= 11 is 0. The van der Waals surface area contributed by atoms with Crippen LogP contribution in [0.15, 0.2) is 24.4 Å². The molecule has 0 radical (unpaired) electrons. The number of nitrogens with one attached hydrogen (secondary N) is 1. The predicted molar refractivity (Wildman–Crippen MR) is 78.5 cm³/mol. The summed E-state index contributed by atoms with van der Waals surface area (Å²) < 4.78 is 6.54. The number of benzene rings is 1. The summed E-state index contributed by atoms with van der Waals surface area (Å²) in [5.41, 5.74) is 2.17. The Balaban J connectivity index is 1.68. The number of rotatable bonds is 5. The van der Waals surface area contributed by atoms with Crippen molar-refractivity contribution >= 4 is 5.91 Å². The zero-order chi connectivity index (χ0) is 15.5. The first-order valence-corrected chi connectivity index (χ1v) is 7.19. The van der Waals surface area contributed by atoms with Crippen molar-refractivity contribution in [3.8, 4) is 5.75 Å². The van der Waals surface area contributed by atoms with Crippen LogP contribution in [0.4, 0.5) is 0 Å². The van der Waals surface area contributed by atoms with Crippen molar-refractivity contribution in [1.29, 1.82) is 0 Å². The average Bonchev–Trinajstić information content (AvgIpc) is 3.13. The number of phenolic OH excluding ortho intramolecular Hbond substituents is 1. The molecule has 22 heavy (non-hydrogen) atoms. The number of fused-ring (bicyclic) bond motifs is 1. The third kappa shape index (κ3) is 2.80. The molecule has 7 nitrogen and oxygen atoms in total. The van der Waals surface area contributed by atoms with Gasteiger partial charge in [0.15, 0.2) is 5.69 Å². The number of carbonyl (C=O) groups is 1. The lowest BCUT2D eigenvalue weighted by Gasteiger charge is -2.13. The zero-order valence-electron chi connectivity index (χ0n) is 12.3. The minimum Gasteiger partial charge on any atom is -0.508 e. The molecule has 0 bridgehead atoms. The Morgan fingerprint density at radius 3 is 3.23 bits per heavy atom. The first kappa shape index (κ1) is 14.5. The molecule has 1 unspecified atom stereocenters. The first-order valence-electron chi connectivity index (χ1n) is 7.19. The number of hydrogen-bond donors (Lipinski definition) is 2. The van der Waals surface area contributed by atoms with Crippen molar-refractivity contribution in [3.05, 3.63) is 41.2 Å². The molecule has 0 fully saturated rings. The summed E-state index contributed by atoms with van der Waals surface area (Å²) in [6, 6.07) is 5.30. The summed E-state index contributed by atoms with van der Waals surface area (Å²) in [5.74, 6) is 0.0321. The van der Waals surface area contributed by atoms with Gasteiger partial charge in [-0.05, 0) is 30.0 Å². The number of amides is 1. The molecule has 0 spiro atoms. The van der Waals surface area contributed by atoms with E-state index in [9.17, 15) is 9.90 Å². The fourth-order valence-corrected chi connectivity index (χ4v) is 2.71. The summed E-state index contributed by atoms with van der Waals surface area (Å²) in [5, 5.41) is 20.6. The second-order valence-corrected chi connectivity index (χ2v) is 5.27. The quantitative estimate of drug-likeness (QED) is 0.861. The van der Waals surface area contributed by atoms with Gasteiger partial charge in [0.05, 0.1) is 25.4 Å². The Hall–Kier alpha value is -2.41. The fraction of sp³-hybridized carbons (Fsp3) is 0.400. The monoisotopic (exact) mass is 302 g/mol. The molecule has 1 aliphatic rings. The van der Waals surface area contributed by atoms with E-state index in [-0.39, 0.29) is 17.6 Å². The van der Waals surface area contributed by atoms with Gasteiger partial charge in [-0.1, -0.05) is 17.3 Å². The number of aromatic nitrogens is 3. The number of ether oxygens (including phenoxy) is 1. The van der Waals surface area contributed by atoms with Crippen LogP contribution in [0, 0.1) is 0 Å². The Morgan fingerprint density at radius 2 is 2.41 bits per heavy atom. The molecular weight excluding hydrogens is 284 g/mol. The average molecular weight is 302 g/mol. The van der Waals surface area contributed by atoms with Crippen LogP contribution in [0.25, 0.3) is 0 Å². The number of phenols is 1. The molecule has 1 heterocycles. The van der Waals surface area contributed by atoms with Crippen molar-refractivity contribution in [2.45, 2.75) is 25.4 Å². The van der Waals surface area contributed by atoms with Crippen molar-refractivity contribution in [2.75, 3.05) is 13.7 Å². The Bertz CT molecular complexity index is 683. The van der Waals surface area contributed by atoms with E-state index in [1.54, 1.807) is 30.1 Å². The van der Waals surface area contributed by atoms with E-state index < -0.39 is 0 Å². The van der Waals surface area contributed by atoms with E-state index in [1.165, 1.54) is 0 Å². The molecule has 1 aliphatic carbocycles. The van der Waals surface area contributed by atoms with Crippen LogP contribution in [0.3, 0.4) is 0 Å². The zero-order valence-corrected chi connectivity index (χ0v) is 12.3. The molecule has 1 aromatic heterocycles. The van der Waals surface area contributed by atoms with Crippen LogP contribution in [-0.2, 0) is 17.7 Å². The molecule has 0 saturated carbocycles. The number of nitrogens with zero attached hydrogens (tertiary/aromatic N) is 3. The van der Waals surface area contributed by atoms with E-state index in [1.807, 2.05) is 6.07 Å². The van der Waals surface area contributed by atoms with Crippen LogP contribution in [-0.4, -0.2) is 39.7 Å². The van der Waals surface area contributed by atoms with Crippen LogP contribution >= 0.6 is 0 Å². The molecule has 1 atom stereocenters. The lowest BCUT2D eigenvalue weighted by Crippen LogP contribution is -2.27. The highest BCUT2D eigenvalue weighted by atomic mass is 16.5. The largest absolute Gasteiger partial charge is 0.508 e. The molecule has 0 saturated heterocycles. The van der Waals surface area contributed by atoms with Crippen molar-refractivity contribution in [3.63, 3.8) is 0 Å². The van der Waals surface area contributed by atoms with Gasteiger partial charge in [-0.2, -0.15) is 0 Å².